The number of benzene rings is 1. The van der Waals surface area contributed by atoms with Gasteiger partial charge in [-0.25, -0.2) is 4.39 Å². The molecule has 5 nitrogen and oxygen atoms in total. The zero-order valence-electron chi connectivity index (χ0n) is 9.85. The predicted octanol–water partition coefficient (Wildman–Crippen LogP) is 1.55. The van der Waals surface area contributed by atoms with Crippen LogP contribution in [0.25, 0.3) is 0 Å². The van der Waals surface area contributed by atoms with Crippen LogP contribution < -0.4 is 11.1 Å². The van der Waals surface area contributed by atoms with Crippen LogP contribution in [0.5, 0.6) is 0 Å². The third-order valence-corrected chi connectivity index (χ3v) is 2.36. The first-order valence-electron chi connectivity index (χ1n) is 5.38. The molecule has 18 heavy (non-hydrogen) atoms. The van der Waals surface area contributed by atoms with Crippen molar-refractivity contribution in [3.63, 3.8) is 0 Å². The van der Waals surface area contributed by atoms with Gasteiger partial charge < -0.3 is 11.1 Å². The fourth-order valence-corrected chi connectivity index (χ4v) is 1.53. The Morgan fingerprint density at radius 2 is 2.33 bits per heavy atom. The zero-order valence-corrected chi connectivity index (χ0v) is 9.85. The molecule has 1 amide bonds. The maximum atomic E-state index is 13.0. The first-order valence-corrected chi connectivity index (χ1v) is 5.38. The molecule has 0 unspecified atom stereocenters. The van der Waals surface area contributed by atoms with Crippen LogP contribution in [0.3, 0.4) is 0 Å². The summed E-state index contributed by atoms with van der Waals surface area (Å²) in [6, 6.07) is 3.83. The van der Waals surface area contributed by atoms with Crippen molar-refractivity contribution in [2.45, 2.75) is 13.5 Å². The number of aryl methyl sites for hydroxylation is 1. The van der Waals surface area contributed by atoms with Gasteiger partial charge in [0.2, 0.25) is 5.91 Å². The lowest BCUT2D eigenvalue weighted by molar-refractivity contribution is -0.116. The van der Waals surface area contributed by atoms with Gasteiger partial charge in [-0.15, -0.1) is 0 Å². The monoisotopic (exact) mass is 248 g/mol. The highest BCUT2D eigenvalue weighted by atomic mass is 19.1. The number of aromatic nitrogens is 2. The number of rotatable bonds is 3. The van der Waals surface area contributed by atoms with E-state index in [1.54, 1.807) is 12.4 Å². The van der Waals surface area contributed by atoms with Crippen molar-refractivity contribution in [3.8, 4) is 0 Å². The van der Waals surface area contributed by atoms with Gasteiger partial charge >= 0.3 is 0 Å². The van der Waals surface area contributed by atoms with Crippen molar-refractivity contribution in [1.29, 1.82) is 0 Å². The molecule has 0 aliphatic carbocycles. The van der Waals surface area contributed by atoms with E-state index in [0.717, 1.165) is 5.56 Å². The van der Waals surface area contributed by atoms with E-state index in [-0.39, 0.29) is 18.1 Å². The van der Waals surface area contributed by atoms with Gasteiger partial charge in [0, 0.05) is 6.20 Å². The molecule has 6 heteroatoms. The maximum Gasteiger partial charge on any atom is 0.246 e. The van der Waals surface area contributed by atoms with Crippen LogP contribution in [0.15, 0.2) is 30.6 Å². The van der Waals surface area contributed by atoms with E-state index < -0.39 is 5.82 Å². The molecule has 1 heterocycles. The van der Waals surface area contributed by atoms with Crippen molar-refractivity contribution in [3.05, 3.63) is 42.0 Å². The summed E-state index contributed by atoms with van der Waals surface area (Å²) in [5.74, 6) is -0.759. The Kier molecular flexibility index (Phi) is 3.27. The first-order chi connectivity index (χ1) is 8.54. The summed E-state index contributed by atoms with van der Waals surface area (Å²) in [6.07, 6.45) is 3.40. The predicted molar refractivity (Wildman–Crippen MR) is 66.4 cm³/mol. The Hall–Kier alpha value is -2.37. The van der Waals surface area contributed by atoms with E-state index in [0.29, 0.717) is 5.69 Å². The molecule has 0 aliphatic rings. The van der Waals surface area contributed by atoms with Gasteiger partial charge in [0.1, 0.15) is 12.4 Å². The molecule has 0 fully saturated rings. The average molecular weight is 248 g/mol. The molecule has 1 aromatic carbocycles. The summed E-state index contributed by atoms with van der Waals surface area (Å²) in [4.78, 5) is 11.7. The van der Waals surface area contributed by atoms with Crippen molar-refractivity contribution in [2.75, 3.05) is 11.1 Å². The molecule has 2 aromatic rings. The second-order valence-electron chi connectivity index (χ2n) is 4.00. The second kappa shape index (κ2) is 4.87. The van der Waals surface area contributed by atoms with Crippen LogP contribution in [0.4, 0.5) is 15.8 Å². The summed E-state index contributed by atoms with van der Waals surface area (Å²) in [7, 11) is 0. The third kappa shape index (κ3) is 2.85. The minimum atomic E-state index is -0.450. The minimum absolute atomic E-state index is 0.0593. The summed E-state index contributed by atoms with van der Waals surface area (Å²) >= 11 is 0. The molecule has 0 aliphatic heterocycles. The Morgan fingerprint density at radius 3 is 3.00 bits per heavy atom. The number of hydrogen-bond acceptors (Lipinski definition) is 3. The van der Waals surface area contributed by atoms with Gasteiger partial charge in [-0.2, -0.15) is 5.10 Å². The quantitative estimate of drug-likeness (QED) is 0.809. The van der Waals surface area contributed by atoms with Crippen LogP contribution in [0, 0.1) is 12.7 Å². The lowest BCUT2D eigenvalue weighted by Crippen LogP contribution is -2.19. The van der Waals surface area contributed by atoms with E-state index in [1.165, 1.54) is 22.9 Å². The molecule has 1 aromatic heterocycles. The number of nitrogens with two attached hydrogens (primary N) is 1. The molecule has 0 radical (unpaired) electrons. The number of carbonyl (C=O) groups excluding carboxylic acids is 1. The lowest BCUT2D eigenvalue weighted by atomic mass is 10.2. The fourth-order valence-electron chi connectivity index (χ4n) is 1.53. The number of nitrogens with zero attached hydrogens (tertiary/aromatic N) is 2. The Bertz CT molecular complexity index is 579. The molecule has 0 saturated heterocycles. The highest BCUT2D eigenvalue weighted by Crippen LogP contribution is 2.19. The number of anilines is 2. The van der Waals surface area contributed by atoms with Crippen molar-refractivity contribution in [2.24, 2.45) is 0 Å². The van der Waals surface area contributed by atoms with Crippen LogP contribution in [-0.2, 0) is 11.3 Å². The van der Waals surface area contributed by atoms with E-state index >= 15 is 0 Å². The van der Waals surface area contributed by atoms with E-state index in [9.17, 15) is 9.18 Å². The van der Waals surface area contributed by atoms with Crippen LogP contribution in [-0.4, -0.2) is 15.7 Å². The fraction of sp³-hybridized carbons (Fsp3) is 0.167. The smallest absolute Gasteiger partial charge is 0.246 e. The van der Waals surface area contributed by atoms with E-state index in [1.807, 2.05) is 6.92 Å². The molecular weight excluding hydrogens is 235 g/mol. The van der Waals surface area contributed by atoms with Gasteiger partial charge in [0.15, 0.2) is 0 Å². The largest absolute Gasteiger partial charge is 0.397 e. The summed E-state index contributed by atoms with van der Waals surface area (Å²) in [5.41, 5.74) is 7.19. The van der Waals surface area contributed by atoms with Gasteiger partial charge in [-0.3, -0.25) is 9.48 Å². The number of nitrogen functional groups attached to an aromatic ring is 1. The zero-order chi connectivity index (χ0) is 13.1. The summed E-state index contributed by atoms with van der Waals surface area (Å²) in [5, 5.41) is 6.53. The number of hydrogen-bond donors (Lipinski definition) is 2. The third-order valence-electron chi connectivity index (χ3n) is 2.36. The number of nitrogens with one attached hydrogen (secondary N) is 1. The Balaban J connectivity index is 2.05. The van der Waals surface area contributed by atoms with Gasteiger partial charge in [0.25, 0.3) is 0 Å². The standard InChI is InChI=1S/C12H13FN4O/c1-8-5-15-17(6-8)7-12(18)16-11-4-9(13)2-3-10(11)14/h2-6H,7,14H2,1H3,(H,16,18). The summed E-state index contributed by atoms with van der Waals surface area (Å²) in [6.45, 7) is 1.94. The van der Waals surface area contributed by atoms with Gasteiger partial charge in [-0.05, 0) is 30.7 Å². The first kappa shape index (κ1) is 12.1. The normalized spacial score (nSPS) is 10.3. The highest BCUT2D eigenvalue weighted by molar-refractivity contribution is 5.93. The molecule has 0 saturated carbocycles. The SMILES string of the molecule is Cc1cnn(CC(=O)Nc2cc(F)ccc2N)c1. The van der Waals surface area contributed by atoms with Crippen LogP contribution >= 0.6 is 0 Å². The van der Waals surface area contributed by atoms with Gasteiger partial charge in [0.05, 0.1) is 17.6 Å². The topological polar surface area (TPSA) is 72.9 Å². The molecule has 0 bridgehead atoms. The molecule has 0 spiro atoms. The average Bonchev–Trinajstić information content (AvgIpc) is 2.69. The van der Waals surface area contributed by atoms with Crippen LogP contribution in [0.1, 0.15) is 5.56 Å². The molecule has 94 valence electrons. The molecule has 3 N–H and O–H groups in total. The second-order valence-corrected chi connectivity index (χ2v) is 4.00. The van der Waals surface area contributed by atoms with E-state index in [2.05, 4.69) is 10.4 Å². The number of halogens is 1. The molecular formula is C12H13FN4O. The maximum absolute atomic E-state index is 13.0. The van der Waals surface area contributed by atoms with Crippen molar-refractivity contribution in [1.82, 2.24) is 9.78 Å². The van der Waals surface area contributed by atoms with Gasteiger partial charge in [-0.1, -0.05) is 0 Å². The highest BCUT2D eigenvalue weighted by Gasteiger charge is 2.07. The van der Waals surface area contributed by atoms with Crippen molar-refractivity contribution >= 4 is 17.3 Å². The van der Waals surface area contributed by atoms with Crippen molar-refractivity contribution < 1.29 is 9.18 Å². The van der Waals surface area contributed by atoms with E-state index in [4.69, 9.17) is 5.73 Å². The number of carbonyl (C=O) groups is 1. The molecule has 2 rings (SSSR count). The van der Waals surface area contributed by atoms with Crippen LogP contribution in [0.2, 0.25) is 0 Å². The summed E-state index contributed by atoms with van der Waals surface area (Å²) < 4.78 is 14.5. The minimum Gasteiger partial charge on any atom is -0.397 e. The Labute approximate surface area is 103 Å². The number of amides is 1. The lowest BCUT2D eigenvalue weighted by Gasteiger charge is -2.08. The Morgan fingerprint density at radius 1 is 1.56 bits per heavy atom. The molecule has 0 atom stereocenters.